The van der Waals surface area contributed by atoms with E-state index in [0.717, 1.165) is 5.71 Å². The van der Waals surface area contributed by atoms with Crippen molar-refractivity contribution < 1.29 is 75.9 Å². The SMILES string of the molecule is C[C]1[C](C)[C](C)[C](C)[C]1C.F[P-](F)(F)(F)(F)F.F[P-](F)(F)(F)(F)F.[Ir].[NH2+]=C1[CH][CH][CH][CH][CH]1. The van der Waals surface area contributed by atoms with Gasteiger partial charge in [-0.3, -0.25) is 5.41 Å². The van der Waals surface area contributed by atoms with Crippen molar-refractivity contribution in [3.63, 3.8) is 0 Å². The Labute approximate surface area is 193 Å². The Morgan fingerprint density at radius 2 is 0.625 bits per heavy atom. The molecule has 16 heteroatoms. The number of hydrogen-bond donors (Lipinski definition) is 1. The van der Waals surface area contributed by atoms with Crippen LogP contribution in [0.25, 0.3) is 0 Å². The van der Waals surface area contributed by atoms with Crippen LogP contribution < -0.4 is 5.41 Å². The van der Waals surface area contributed by atoms with Crippen molar-refractivity contribution in [2.75, 3.05) is 0 Å². The Bertz CT molecular complexity index is 497. The van der Waals surface area contributed by atoms with Crippen molar-refractivity contribution >= 4 is 21.3 Å². The van der Waals surface area contributed by atoms with Crippen molar-refractivity contribution in [1.29, 1.82) is 0 Å². The Morgan fingerprint density at radius 1 is 0.469 bits per heavy atom. The summed E-state index contributed by atoms with van der Waals surface area (Å²) in [4.78, 5) is 0. The Morgan fingerprint density at radius 3 is 0.719 bits per heavy atom. The summed E-state index contributed by atoms with van der Waals surface area (Å²) in [6.07, 6.45) is 9.49. The summed E-state index contributed by atoms with van der Waals surface area (Å²) >= 11 is 0. The zero-order valence-electron chi connectivity index (χ0n) is 17.2. The van der Waals surface area contributed by atoms with Gasteiger partial charge in [-0.15, -0.1) is 0 Å². The van der Waals surface area contributed by atoms with Crippen LogP contribution in [0.1, 0.15) is 34.6 Å². The molecule has 11 radical (unpaired) electrons. The van der Waals surface area contributed by atoms with Gasteiger partial charge in [0.25, 0.3) is 0 Å². The van der Waals surface area contributed by atoms with Crippen LogP contribution in [0.3, 0.4) is 0 Å². The van der Waals surface area contributed by atoms with Gasteiger partial charge in [0.15, 0.2) is 5.71 Å². The third-order valence-corrected chi connectivity index (χ3v) is 3.61. The quantitative estimate of drug-likeness (QED) is 0.192. The van der Waals surface area contributed by atoms with Crippen LogP contribution >= 0.6 is 15.6 Å². The van der Waals surface area contributed by atoms with E-state index in [1.807, 2.05) is 32.1 Å². The minimum absolute atomic E-state index is 0. The molecule has 2 aliphatic rings. The van der Waals surface area contributed by atoms with E-state index < -0.39 is 15.6 Å². The van der Waals surface area contributed by atoms with Crippen LogP contribution in [0.4, 0.5) is 50.4 Å². The normalized spacial score (nSPS) is 24.0. The van der Waals surface area contributed by atoms with Crippen LogP contribution in [-0.2, 0) is 20.1 Å². The minimum atomic E-state index is -10.7. The predicted octanol–water partition coefficient (Wildman–Crippen LogP) is 8.96. The summed E-state index contributed by atoms with van der Waals surface area (Å²) in [5.74, 6) is 7.34. The molecule has 0 heterocycles. The molecule has 0 spiro atoms. The standard InChI is InChI=1S/C10H15.C6H6N.2F6P.Ir/c1-6-7(2)9(4)10(5)8(6)3;7-6-4-2-1-3-5-6;2*1-7(2,3,4,5)6;/h1-5H3;1-5,7H;;;/q;;2*-1;/p+1. The third kappa shape index (κ3) is 32.5. The fourth-order valence-corrected chi connectivity index (χ4v) is 1.86. The minimum Gasteiger partial charge on any atom is -0.261 e. The van der Waals surface area contributed by atoms with E-state index in [1.165, 1.54) is 29.6 Å². The summed E-state index contributed by atoms with van der Waals surface area (Å²) in [5.41, 5.74) is 0.822. The zero-order valence-corrected chi connectivity index (χ0v) is 21.4. The van der Waals surface area contributed by atoms with Crippen LogP contribution in [-0.4, -0.2) is 5.71 Å². The molecule has 0 unspecified atom stereocenters. The molecular formula is C16H22F12IrNP2-. The molecule has 0 amide bonds. The van der Waals surface area contributed by atoms with Gasteiger partial charge in [-0.05, 0) is 48.9 Å². The number of rotatable bonds is 0. The molecule has 0 saturated heterocycles. The maximum Gasteiger partial charge on any atom is 0.157 e. The van der Waals surface area contributed by atoms with E-state index in [0.29, 0.717) is 0 Å². The maximum atomic E-state index is 9.87. The average molecular weight is 710 g/mol. The molecule has 2 fully saturated rings. The largest absolute Gasteiger partial charge is 0.261 e. The zero-order chi connectivity index (χ0) is 25.8. The fraction of sp³-hybridized carbons (Fsp3) is 0.312. The molecule has 0 aromatic carbocycles. The van der Waals surface area contributed by atoms with Crippen molar-refractivity contribution in [2.24, 2.45) is 0 Å². The van der Waals surface area contributed by atoms with Gasteiger partial charge in [-0.2, -0.15) is 0 Å². The Balaban J connectivity index is -0.000000352. The van der Waals surface area contributed by atoms with Gasteiger partial charge < -0.3 is 0 Å². The Kier molecular flexibility index (Phi) is 11.7. The number of halogens is 12. The summed E-state index contributed by atoms with van der Waals surface area (Å²) in [5, 5.41) is 5.36. The molecule has 0 bridgehead atoms. The molecule has 2 saturated carbocycles. The van der Waals surface area contributed by atoms with E-state index in [4.69, 9.17) is 5.41 Å². The summed E-state index contributed by atoms with van der Waals surface area (Å²) in [7, 11) is -21.3. The smallest absolute Gasteiger partial charge is 0.157 e. The average Bonchev–Trinajstić information content (AvgIpc) is 2.60. The van der Waals surface area contributed by atoms with E-state index >= 15 is 0 Å². The molecule has 0 aliphatic heterocycles. The molecule has 0 atom stereocenters. The molecule has 195 valence electrons. The maximum absolute atomic E-state index is 10.7. The summed E-state index contributed by atoms with van der Waals surface area (Å²) in [6.45, 7) is 11.0. The fourth-order valence-electron chi connectivity index (χ4n) is 1.86. The second-order valence-electron chi connectivity index (χ2n) is 6.45. The van der Waals surface area contributed by atoms with Gasteiger partial charge in [0.2, 0.25) is 0 Å². The first-order valence-electron chi connectivity index (χ1n) is 7.98. The molecule has 0 aromatic heterocycles. The van der Waals surface area contributed by atoms with Gasteiger partial charge in [-0.25, -0.2) is 0 Å². The summed E-state index contributed by atoms with van der Waals surface area (Å²) in [6, 6.07) is 0. The van der Waals surface area contributed by atoms with Crippen molar-refractivity contribution in [3.8, 4) is 0 Å². The number of nitrogens with two attached hydrogens (primary N) is 1. The molecule has 2 rings (SSSR count). The van der Waals surface area contributed by atoms with E-state index in [1.54, 1.807) is 0 Å². The molecule has 32 heavy (non-hydrogen) atoms. The summed E-state index contributed by atoms with van der Waals surface area (Å²) < 4.78 is 118. The second kappa shape index (κ2) is 10.1. The first-order valence-corrected chi connectivity index (χ1v) is 12.0. The molecule has 2 aliphatic carbocycles. The van der Waals surface area contributed by atoms with E-state index in [2.05, 4.69) is 34.6 Å². The van der Waals surface area contributed by atoms with Crippen molar-refractivity contribution in [3.05, 3.63) is 61.7 Å². The van der Waals surface area contributed by atoms with Crippen molar-refractivity contribution in [2.45, 2.75) is 34.6 Å². The topological polar surface area (TPSA) is 25.6 Å². The van der Waals surface area contributed by atoms with Crippen LogP contribution in [0.2, 0.25) is 0 Å². The first-order chi connectivity index (χ1) is 12.8. The van der Waals surface area contributed by atoms with Gasteiger partial charge in [0, 0.05) is 20.1 Å². The van der Waals surface area contributed by atoms with Gasteiger partial charge >= 0.3 is 66.0 Å². The van der Waals surface area contributed by atoms with Gasteiger partial charge in [0.1, 0.15) is 0 Å². The predicted molar refractivity (Wildman–Crippen MR) is 100 cm³/mol. The van der Waals surface area contributed by atoms with Crippen LogP contribution in [0.5, 0.6) is 0 Å². The van der Waals surface area contributed by atoms with Crippen LogP contribution in [0.15, 0.2) is 0 Å². The van der Waals surface area contributed by atoms with Gasteiger partial charge in [0.05, 0.1) is 12.8 Å². The second-order valence-corrected chi connectivity index (χ2v) is 10.3. The number of hydrogen-bond acceptors (Lipinski definition) is 0. The van der Waals surface area contributed by atoms with Gasteiger partial charge in [-0.1, -0.05) is 34.6 Å². The van der Waals surface area contributed by atoms with Crippen LogP contribution in [0, 0.1) is 61.7 Å². The molecule has 1 nitrogen and oxygen atoms in total. The van der Waals surface area contributed by atoms with E-state index in [9.17, 15) is 50.4 Å². The third-order valence-electron chi connectivity index (χ3n) is 3.61. The Hall–Kier alpha value is 0.339. The molecule has 2 N–H and O–H groups in total. The first kappa shape index (κ1) is 36.9. The molecular weight excluding hydrogens is 688 g/mol. The molecule has 0 aromatic rings. The van der Waals surface area contributed by atoms with E-state index in [-0.39, 0.29) is 20.1 Å². The van der Waals surface area contributed by atoms with Crippen molar-refractivity contribution in [1.82, 2.24) is 0 Å². The monoisotopic (exact) mass is 711 g/mol.